The summed E-state index contributed by atoms with van der Waals surface area (Å²) in [6.07, 6.45) is 3.98. The summed E-state index contributed by atoms with van der Waals surface area (Å²) in [5, 5.41) is 9.03. The van der Waals surface area contributed by atoms with Gasteiger partial charge in [-0.25, -0.2) is 9.66 Å². The van der Waals surface area contributed by atoms with Gasteiger partial charge < -0.3 is 15.0 Å². The number of imidazole rings is 1. The van der Waals surface area contributed by atoms with Crippen molar-refractivity contribution in [3.63, 3.8) is 0 Å². The summed E-state index contributed by atoms with van der Waals surface area (Å²) in [6.45, 7) is 0. The molecule has 4 aromatic rings. The van der Waals surface area contributed by atoms with Gasteiger partial charge in [-0.3, -0.25) is 0 Å². The van der Waals surface area contributed by atoms with E-state index in [-0.39, 0.29) is 0 Å². The van der Waals surface area contributed by atoms with Crippen LogP contribution in [0, 0.1) is 0 Å². The zero-order valence-electron chi connectivity index (χ0n) is 13.5. The van der Waals surface area contributed by atoms with Crippen LogP contribution in [0.25, 0.3) is 17.0 Å². The Morgan fingerprint density at radius 1 is 1.12 bits per heavy atom. The molecule has 0 aliphatic heterocycles. The van der Waals surface area contributed by atoms with E-state index < -0.39 is 0 Å². The van der Waals surface area contributed by atoms with Gasteiger partial charge in [0.05, 0.1) is 12.8 Å². The minimum Gasteiger partial charge on any atom is -0.497 e. The Morgan fingerprint density at radius 2 is 1.96 bits per heavy atom. The number of rotatable bonds is 5. The van der Waals surface area contributed by atoms with E-state index in [4.69, 9.17) is 10.6 Å². The van der Waals surface area contributed by atoms with Crippen LogP contribution in [0.4, 0.5) is 0 Å². The van der Waals surface area contributed by atoms with Crippen molar-refractivity contribution in [3.05, 3.63) is 60.6 Å². The van der Waals surface area contributed by atoms with E-state index in [1.807, 2.05) is 59.3 Å². The monoisotopic (exact) mass is 352 g/mol. The van der Waals surface area contributed by atoms with Gasteiger partial charge in [0.1, 0.15) is 11.4 Å². The van der Waals surface area contributed by atoms with E-state index in [9.17, 15) is 0 Å². The van der Waals surface area contributed by atoms with E-state index in [1.54, 1.807) is 7.11 Å². The minimum atomic E-state index is 0.611. The maximum absolute atomic E-state index is 6.16. The first-order chi connectivity index (χ1) is 12.2. The lowest BCUT2D eigenvalue weighted by Crippen LogP contribution is -2.11. The maximum atomic E-state index is 6.16. The van der Waals surface area contributed by atoms with Crippen LogP contribution in [0.15, 0.2) is 60.0 Å². The van der Waals surface area contributed by atoms with Crippen molar-refractivity contribution in [2.75, 3.05) is 13.0 Å². The number of methoxy groups -OCH3 is 1. The molecule has 0 spiro atoms. The molecule has 0 saturated carbocycles. The van der Waals surface area contributed by atoms with E-state index in [0.29, 0.717) is 16.7 Å². The molecule has 8 heteroatoms. The molecule has 3 heterocycles. The van der Waals surface area contributed by atoms with Crippen LogP contribution < -0.4 is 10.6 Å². The summed E-state index contributed by atoms with van der Waals surface area (Å²) < 4.78 is 8.66. The number of hydrogen-bond acceptors (Lipinski definition) is 6. The molecule has 0 saturated heterocycles. The van der Waals surface area contributed by atoms with Crippen LogP contribution >= 0.6 is 11.8 Å². The first kappa shape index (κ1) is 15.5. The Kier molecular flexibility index (Phi) is 4.02. The van der Waals surface area contributed by atoms with Crippen molar-refractivity contribution in [2.24, 2.45) is 0 Å². The summed E-state index contributed by atoms with van der Waals surface area (Å²) in [4.78, 5) is 4.57. The average Bonchev–Trinajstić information content (AvgIpc) is 3.23. The third-order valence-electron chi connectivity index (χ3n) is 3.78. The summed E-state index contributed by atoms with van der Waals surface area (Å²) in [6, 6.07) is 13.5. The molecule has 2 N–H and O–H groups in total. The van der Waals surface area contributed by atoms with Gasteiger partial charge in [0.25, 0.3) is 0 Å². The van der Waals surface area contributed by atoms with E-state index in [2.05, 4.69) is 15.2 Å². The van der Waals surface area contributed by atoms with Gasteiger partial charge in [0.15, 0.2) is 5.82 Å². The zero-order chi connectivity index (χ0) is 17.2. The number of fused-ring (bicyclic) bond motifs is 1. The largest absolute Gasteiger partial charge is 0.497 e. The quantitative estimate of drug-likeness (QED) is 0.439. The Hall–Kier alpha value is -3.00. The molecular formula is C17H16N6OS. The molecule has 0 aliphatic carbocycles. The summed E-state index contributed by atoms with van der Waals surface area (Å²) in [5.41, 5.74) is 2.77. The fraction of sp³-hybridized carbons (Fsp3) is 0.118. The molecule has 25 heavy (non-hydrogen) atoms. The number of hydrogen-bond donors (Lipinski definition) is 1. The van der Waals surface area contributed by atoms with E-state index in [1.165, 1.54) is 16.4 Å². The van der Waals surface area contributed by atoms with Gasteiger partial charge in [-0.1, -0.05) is 17.8 Å². The number of nitrogens with zero attached hydrogens (tertiary/aromatic N) is 5. The first-order valence-electron chi connectivity index (χ1n) is 7.65. The third kappa shape index (κ3) is 3.03. The topological polar surface area (TPSA) is 83.3 Å². The standard InChI is InChI=1S/C17H16N6OS/c1-24-14-7-5-12(6-8-14)16-20-21-17(23(16)18)25-11-13-10-22-9-3-2-4-15(22)19-13/h2-10H,11,18H2,1H3. The second-order valence-electron chi connectivity index (χ2n) is 5.39. The molecule has 126 valence electrons. The number of aromatic nitrogens is 5. The van der Waals surface area contributed by atoms with Gasteiger partial charge in [0, 0.05) is 23.7 Å². The lowest BCUT2D eigenvalue weighted by atomic mass is 10.2. The molecule has 0 aliphatic rings. The second kappa shape index (κ2) is 6.48. The molecule has 0 unspecified atom stereocenters. The van der Waals surface area contributed by atoms with Crippen molar-refractivity contribution in [1.29, 1.82) is 0 Å². The van der Waals surface area contributed by atoms with Crippen molar-refractivity contribution >= 4 is 17.4 Å². The molecule has 0 amide bonds. The molecule has 0 bridgehead atoms. The molecule has 0 radical (unpaired) electrons. The lowest BCUT2D eigenvalue weighted by molar-refractivity contribution is 0.415. The van der Waals surface area contributed by atoms with Crippen molar-refractivity contribution < 1.29 is 4.74 Å². The summed E-state index contributed by atoms with van der Waals surface area (Å²) in [7, 11) is 1.63. The maximum Gasteiger partial charge on any atom is 0.210 e. The van der Waals surface area contributed by atoms with Gasteiger partial charge >= 0.3 is 0 Å². The third-order valence-corrected chi connectivity index (χ3v) is 4.75. The molecular weight excluding hydrogens is 336 g/mol. The Bertz CT molecular complexity index is 975. The molecule has 0 atom stereocenters. The van der Waals surface area contributed by atoms with Gasteiger partial charge in [-0.05, 0) is 36.4 Å². The van der Waals surface area contributed by atoms with Gasteiger partial charge in [-0.2, -0.15) is 0 Å². The Morgan fingerprint density at radius 3 is 2.72 bits per heavy atom. The highest BCUT2D eigenvalue weighted by Crippen LogP contribution is 2.25. The van der Waals surface area contributed by atoms with E-state index in [0.717, 1.165) is 22.7 Å². The van der Waals surface area contributed by atoms with Crippen LogP contribution in [-0.4, -0.2) is 31.4 Å². The smallest absolute Gasteiger partial charge is 0.210 e. The number of benzene rings is 1. The number of nitrogens with two attached hydrogens (primary N) is 1. The van der Waals surface area contributed by atoms with Gasteiger partial charge in [-0.15, -0.1) is 10.2 Å². The fourth-order valence-corrected chi connectivity index (χ4v) is 3.25. The molecule has 7 nitrogen and oxygen atoms in total. The lowest BCUT2D eigenvalue weighted by Gasteiger charge is -2.04. The van der Waals surface area contributed by atoms with Crippen molar-refractivity contribution in [1.82, 2.24) is 24.3 Å². The molecule has 4 rings (SSSR count). The van der Waals surface area contributed by atoms with Crippen LogP contribution in [0.3, 0.4) is 0 Å². The first-order valence-corrected chi connectivity index (χ1v) is 8.63. The van der Waals surface area contributed by atoms with E-state index >= 15 is 0 Å². The predicted molar refractivity (Wildman–Crippen MR) is 96.9 cm³/mol. The fourth-order valence-electron chi connectivity index (χ4n) is 2.51. The summed E-state index contributed by atoms with van der Waals surface area (Å²) in [5.74, 6) is 8.22. The Labute approximate surface area is 148 Å². The second-order valence-corrected chi connectivity index (χ2v) is 6.33. The van der Waals surface area contributed by atoms with Crippen molar-refractivity contribution in [2.45, 2.75) is 10.9 Å². The van der Waals surface area contributed by atoms with Crippen LogP contribution in [0.1, 0.15) is 5.69 Å². The van der Waals surface area contributed by atoms with Crippen molar-refractivity contribution in [3.8, 4) is 17.1 Å². The molecule has 1 aromatic carbocycles. The predicted octanol–water partition coefficient (Wildman–Crippen LogP) is 2.61. The number of ether oxygens (including phenoxy) is 1. The number of thioether (sulfide) groups is 1. The highest BCUT2D eigenvalue weighted by molar-refractivity contribution is 7.98. The SMILES string of the molecule is COc1ccc(-c2nnc(SCc3cn4ccccc4n3)n2N)cc1. The van der Waals surface area contributed by atoms with Gasteiger partial charge in [0.2, 0.25) is 5.16 Å². The normalized spacial score (nSPS) is 11.1. The van der Waals surface area contributed by atoms with Crippen LogP contribution in [-0.2, 0) is 5.75 Å². The van der Waals surface area contributed by atoms with Crippen LogP contribution in [0.2, 0.25) is 0 Å². The number of pyridine rings is 1. The number of nitrogen functional groups attached to an aromatic ring is 1. The zero-order valence-corrected chi connectivity index (χ0v) is 14.3. The molecule has 3 aromatic heterocycles. The average molecular weight is 352 g/mol. The molecule has 0 fully saturated rings. The Balaban J connectivity index is 1.52. The highest BCUT2D eigenvalue weighted by atomic mass is 32.2. The highest BCUT2D eigenvalue weighted by Gasteiger charge is 2.13. The van der Waals surface area contributed by atoms with Crippen LogP contribution in [0.5, 0.6) is 5.75 Å². The summed E-state index contributed by atoms with van der Waals surface area (Å²) >= 11 is 1.50. The minimum absolute atomic E-state index is 0.611.